The first-order valence-electron chi connectivity index (χ1n) is 8.28. The molecule has 0 aromatic heterocycles. The maximum absolute atomic E-state index is 12.4. The lowest BCUT2D eigenvalue weighted by Gasteiger charge is -2.25. The van der Waals surface area contributed by atoms with Gasteiger partial charge >= 0.3 is 5.97 Å². The van der Waals surface area contributed by atoms with E-state index in [4.69, 9.17) is 22.3 Å². The van der Waals surface area contributed by atoms with Gasteiger partial charge in [0.15, 0.2) is 0 Å². The molecule has 0 spiro atoms. The molecule has 0 bridgehead atoms. The summed E-state index contributed by atoms with van der Waals surface area (Å²) in [6.07, 6.45) is -1.34. The van der Waals surface area contributed by atoms with Crippen molar-refractivity contribution in [1.29, 1.82) is 0 Å². The zero-order valence-corrected chi connectivity index (χ0v) is 15.6. The number of rotatable bonds is 12. The first-order chi connectivity index (χ1) is 12.9. The highest BCUT2D eigenvalue weighted by Crippen LogP contribution is 2.04. The van der Waals surface area contributed by atoms with E-state index < -0.39 is 72.4 Å². The Balaban J connectivity index is 5.37. The Labute approximate surface area is 160 Å². The summed E-state index contributed by atoms with van der Waals surface area (Å²) in [5.74, 6) is -6.34. The third-order valence-corrected chi connectivity index (χ3v) is 3.51. The predicted molar refractivity (Wildman–Crippen MR) is 94.9 cm³/mol. The summed E-state index contributed by atoms with van der Waals surface area (Å²) in [5.41, 5.74) is 15.2. The van der Waals surface area contributed by atoms with Gasteiger partial charge in [-0.15, -0.1) is 0 Å². The first-order valence-corrected chi connectivity index (χ1v) is 8.28. The van der Waals surface area contributed by atoms with Crippen molar-refractivity contribution in [3.63, 3.8) is 0 Å². The van der Waals surface area contributed by atoms with Gasteiger partial charge in [0.2, 0.25) is 29.5 Å². The van der Waals surface area contributed by atoms with Crippen LogP contribution in [0, 0.1) is 5.92 Å². The van der Waals surface area contributed by atoms with E-state index in [-0.39, 0.29) is 6.54 Å². The fraction of sp³-hybridized carbons (Fsp3) is 0.600. The van der Waals surface area contributed by atoms with Gasteiger partial charge in [-0.3, -0.25) is 24.0 Å². The van der Waals surface area contributed by atoms with Crippen LogP contribution in [0.5, 0.6) is 0 Å². The molecule has 0 aromatic rings. The van der Waals surface area contributed by atoms with Gasteiger partial charge in [-0.05, 0) is 5.92 Å². The second-order valence-corrected chi connectivity index (χ2v) is 6.29. The Morgan fingerprint density at radius 1 is 0.821 bits per heavy atom. The lowest BCUT2D eigenvalue weighted by Crippen LogP contribution is -2.58. The molecule has 13 nitrogen and oxygen atoms in total. The minimum absolute atomic E-state index is 0.366. The van der Waals surface area contributed by atoms with Crippen molar-refractivity contribution >= 4 is 35.5 Å². The van der Waals surface area contributed by atoms with Gasteiger partial charge in [-0.2, -0.15) is 0 Å². The van der Waals surface area contributed by atoms with Crippen LogP contribution in [0.4, 0.5) is 0 Å². The van der Waals surface area contributed by atoms with E-state index in [1.165, 1.54) is 0 Å². The number of carboxylic acid groups (broad SMARTS) is 1. The molecule has 0 aromatic carbocycles. The van der Waals surface area contributed by atoms with Crippen LogP contribution in [0.25, 0.3) is 0 Å². The molecule has 3 unspecified atom stereocenters. The van der Waals surface area contributed by atoms with Gasteiger partial charge < -0.3 is 38.3 Å². The summed E-state index contributed by atoms with van der Waals surface area (Å²) in [7, 11) is 0. The fourth-order valence-corrected chi connectivity index (χ4v) is 2.11. The number of hydrogen-bond donors (Lipinski definition) is 7. The van der Waals surface area contributed by atoms with Crippen LogP contribution in [-0.2, 0) is 28.8 Å². The number of nitrogens with one attached hydrogen (secondary N) is 3. The Kier molecular flexibility index (Phi) is 10.2. The van der Waals surface area contributed by atoms with E-state index in [1.54, 1.807) is 13.8 Å². The Morgan fingerprint density at radius 3 is 1.68 bits per heavy atom. The highest BCUT2D eigenvalue weighted by Gasteiger charge is 2.32. The van der Waals surface area contributed by atoms with Crippen LogP contribution < -0.4 is 33.2 Å². The summed E-state index contributed by atoms with van der Waals surface area (Å²) in [4.78, 5) is 69.5. The minimum Gasteiger partial charge on any atom is -0.480 e. The molecule has 0 fully saturated rings. The Hall–Kier alpha value is -3.22. The average Bonchev–Trinajstić information content (AvgIpc) is 2.56. The molecule has 28 heavy (non-hydrogen) atoms. The van der Waals surface area contributed by atoms with E-state index in [1.807, 2.05) is 5.32 Å². The monoisotopic (exact) mass is 402 g/mol. The van der Waals surface area contributed by atoms with Crippen molar-refractivity contribution in [3.8, 4) is 0 Å². The molecular formula is C15H26N6O7. The van der Waals surface area contributed by atoms with E-state index in [2.05, 4.69) is 10.6 Å². The molecule has 0 saturated heterocycles. The zero-order chi connectivity index (χ0) is 22.0. The van der Waals surface area contributed by atoms with Gasteiger partial charge in [-0.25, -0.2) is 4.79 Å². The zero-order valence-electron chi connectivity index (χ0n) is 15.6. The van der Waals surface area contributed by atoms with Crippen LogP contribution in [0.2, 0.25) is 0 Å². The van der Waals surface area contributed by atoms with Crippen molar-refractivity contribution in [2.75, 3.05) is 6.54 Å². The van der Waals surface area contributed by atoms with Crippen molar-refractivity contribution in [2.45, 2.75) is 44.8 Å². The molecule has 0 rings (SSSR count). The van der Waals surface area contributed by atoms with Crippen LogP contribution in [0.3, 0.4) is 0 Å². The van der Waals surface area contributed by atoms with Crippen LogP contribution >= 0.6 is 0 Å². The molecule has 13 heteroatoms. The number of hydrogen-bond acceptors (Lipinski definition) is 7. The van der Waals surface area contributed by atoms with E-state index in [9.17, 15) is 28.8 Å². The third kappa shape index (κ3) is 8.93. The number of amides is 5. The maximum atomic E-state index is 12.4. The molecule has 0 radical (unpaired) electrons. The quantitative estimate of drug-likeness (QED) is 0.169. The Morgan fingerprint density at radius 2 is 1.29 bits per heavy atom. The molecular weight excluding hydrogens is 376 g/mol. The second kappa shape index (κ2) is 11.5. The molecule has 158 valence electrons. The van der Waals surface area contributed by atoms with Crippen molar-refractivity contribution in [2.24, 2.45) is 23.1 Å². The summed E-state index contributed by atoms with van der Waals surface area (Å²) < 4.78 is 0. The standard InChI is InChI=1S/C15H26N6O7/c1-6(2)12(21-11(24)5-16)14(26)19-7(3-9(17)22)13(25)20-8(15(27)28)4-10(18)23/h6-8,12H,3-5,16H2,1-2H3,(H2,17,22)(H2,18,23)(H,19,26)(H,20,25)(H,21,24)(H,27,28). The topological polar surface area (TPSA) is 237 Å². The van der Waals surface area contributed by atoms with Gasteiger partial charge in [0.1, 0.15) is 18.1 Å². The van der Waals surface area contributed by atoms with E-state index in [0.717, 1.165) is 0 Å². The fourth-order valence-electron chi connectivity index (χ4n) is 2.11. The maximum Gasteiger partial charge on any atom is 0.326 e. The largest absolute Gasteiger partial charge is 0.480 e. The first kappa shape index (κ1) is 24.8. The van der Waals surface area contributed by atoms with Crippen LogP contribution in [0.15, 0.2) is 0 Å². The summed E-state index contributed by atoms with van der Waals surface area (Å²) >= 11 is 0. The smallest absolute Gasteiger partial charge is 0.326 e. The van der Waals surface area contributed by atoms with Crippen molar-refractivity contribution < 1.29 is 33.9 Å². The number of nitrogens with two attached hydrogens (primary N) is 3. The molecule has 0 aliphatic carbocycles. The molecule has 5 amide bonds. The number of aliphatic carboxylic acids is 1. The second-order valence-electron chi connectivity index (χ2n) is 6.29. The summed E-state index contributed by atoms with van der Waals surface area (Å²) in [6.45, 7) is 2.88. The van der Waals surface area contributed by atoms with Crippen molar-refractivity contribution in [1.82, 2.24) is 16.0 Å². The molecule has 0 aliphatic rings. The van der Waals surface area contributed by atoms with Crippen LogP contribution in [-0.4, -0.2) is 65.3 Å². The SMILES string of the molecule is CC(C)C(NC(=O)CN)C(=O)NC(CC(N)=O)C(=O)NC(CC(N)=O)C(=O)O. The third-order valence-electron chi connectivity index (χ3n) is 3.51. The normalized spacial score (nSPS) is 13.7. The van der Waals surface area contributed by atoms with Crippen LogP contribution in [0.1, 0.15) is 26.7 Å². The van der Waals surface area contributed by atoms with Gasteiger partial charge in [0.05, 0.1) is 19.4 Å². The average molecular weight is 402 g/mol. The number of primary amides is 2. The predicted octanol–water partition coefficient (Wildman–Crippen LogP) is -4.11. The lowest BCUT2D eigenvalue weighted by molar-refractivity contribution is -0.144. The molecule has 0 saturated carbocycles. The molecule has 10 N–H and O–H groups in total. The van der Waals surface area contributed by atoms with E-state index >= 15 is 0 Å². The highest BCUT2D eigenvalue weighted by molar-refractivity contribution is 5.96. The van der Waals surface area contributed by atoms with Gasteiger partial charge in [0, 0.05) is 0 Å². The van der Waals surface area contributed by atoms with Crippen molar-refractivity contribution in [3.05, 3.63) is 0 Å². The number of carbonyl (C=O) groups is 6. The molecule has 0 aliphatic heterocycles. The van der Waals surface area contributed by atoms with E-state index in [0.29, 0.717) is 0 Å². The Bertz CT molecular complexity index is 636. The summed E-state index contributed by atoms with van der Waals surface area (Å²) in [6, 6.07) is -4.26. The summed E-state index contributed by atoms with van der Waals surface area (Å²) in [5, 5.41) is 15.7. The lowest BCUT2D eigenvalue weighted by atomic mass is 10.0. The highest BCUT2D eigenvalue weighted by atomic mass is 16.4. The minimum atomic E-state index is -1.66. The van der Waals surface area contributed by atoms with Gasteiger partial charge in [-0.1, -0.05) is 13.8 Å². The number of carboxylic acids is 1. The van der Waals surface area contributed by atoms with Gasteiger partial charge in [0.25, 0.3) is 0 Å². The molecule has 3 atom stereocenters. The molecule has 0 heterocycles. The number of carbonyl (C=O) groups excluding carboxylic acids is 5.